The summed E-state index contributed by atoms with van der Waals surface area (Å²) in [5.41, 5.74) is 3.95. The molecule has 132 valence electrons. The second-order valence-corrected chi connectivity index (χ2v) is 6.87. The summed E-state index contributed by atoms with van der Waals surface area (Å²) in [5.74, 6) is 0.377. The zero-order valence-electron chi connectivity index (χ0n) is 14.5. The third kappa shape index (κ3) is 4.40. The molecule has 0 saturated carbocycles. The number of piperidine rings is 1. The summed E-state index contributed by atoms with van der Waals surface area (Å²) in [6.07, 6.45) is 3.41. The SMILES string of the molecule is Cc1cc(O)ccc1-c1cccc([C@H](O)CC[C@H]2CCCC(=O)N2)c1. The van der Waals surface area contributed by atoms with Gasteiger partial charge in [0.05, 0.1) is 6.10 Å². The van der Waals surface area contributed by atoms with Gasteiger partial charge in [0.15, 0.2) is 0 Å². The van der Waals surface area contributed by atoms with E-state index in [0.717, 1.165) is 41.5 Å². The molecule has 0 aromatic heterocycles. The molecule has 0 unspecified atom stereocenters. The van der Waals surface area contributed by atoms with Crippen molar-refractivity contribution in [3.05, 3.63) is 53.6 Å². The van der Waals surface area contributed by atoms with Crippen LogP contribution in [0.4, 0.5) is 0 Å². The number of aryl methyl sites for hydroxylation is 1. The van der Waals surface area contributed by atoms with E-state index in [4.69, 9.17) is 0 Å². The molecule has 1 aliphatic rings. The Morgan fingerprint density at radius 2 is 2.08 bits per heavy atom. The Morgan fingerprint density at radius 1 is 1.24 bits per heavy atom. The molecular weight excluding hydrogens is 314 g/mol. The van der Waals surface area contributed by atoms with Gasteiger partial charge in [-0.25, -0.2) is 0 Å². The highest BCUT2D eigenvalue weighted by molar-refractivity contribution is 5.76. The van der Waals surface area contributed by atoms with Gasteiger partial charge >= 0.3 is 0 Å². The maximum Gasteiger partial charge on any atom is 0.220 e. The lowest BCUT2D eigenvalue weighted by molar-refractivity contribution is -0.123. The molecule has 2 aromatic carbocycles. The van der Waals surface area contributed by atoms with Crippen molar-refractivity contribution in [3.63, 3.8) is 0 Å². The second kappa shape index (κ2) is 7.70. The highest BCUT2D eigenvalue weighted by atomic mass is 16.3. The first-order valence-corrected chi connectivity index (χ1v) is 8.90. The number of rotatable bonds is 5. The maximum absolute atomic E-state index is 11.5. The van der Waals surface area contributed by atoms with Crippen LogP contribution in [0.2, 0.25) is 0 Å². The Kier molecular flexibility index (Phi) is 5.39. The Hall–Kier alpha value is -2.33. The lowest BCUT2D eigenvalue weighted by atomic mass is 9.94. The highest BCUT2D eigenvalue weighted by Crippen LogP contribution is 2.30. The fourth-order valence-electron chi connectivity index (χ4n) is 3.51. The molecule has 3 rings (SSSR count). The standard InChI is InChI=1S/C21H25NO3/c1-14-12-18(23)9-10-19(14)15-4-2-5-16(13-15)20(24)11-8-17-6-3-7-21(25)22-17/h2,4-5,9-10,12-13,17,20,23-24H,3,6-8,11H2,1H3,(H,22,25)/t17-,20-/m1/s1. The third-order valence-corrected chi connectivity index (χ3v) is 4.90. The van der Waals surface area contributed by atoms with E-state index in [-0.39, 0.29) is 17.7 Å². The van der Waals surface area contributed by atoms with Gasteiger partial charge in [0, 0.05) is 12.5 Å². The number of carbonyl (C=O) groups excluding carboxylic acids is 1. The highest BCUT2D eigenvalue weighted by Gasteiger charge is 2.19. The van der Waals surface area contributed by atoms with Crippen LogP contribution in [0.25, 0.3) is 11.1 Å². The average molecular weight is 339 g/mol. The van der Waals surface area contributed by atoms with E-state index in [2.05, 4.69) is 5.32 Å². The molecule has 1 heterocycles. The van der Waals surface area contributed by atoms with Crippen molar-refractivity contribution >= 4 is 5.91 Å². The molecule has 25 heavy (non-hydrogen) atoms. The number of amides is 1. The summed E-state index contributed by atoms with van der Waals surface area (Å²) in [4.78, 5) is 11.5. The van der Waals surface area contributed by atoms with Crippen LogP contribution in [0.3, 0.4) is 0 Å². The predicted molar refractivity (Wildman–Crippen MR) is 98.3 cm³/mol. The number of aliphatic hydroxyl groups excluding tert-OH is 1. The number of carbonyl (C=O) groups is 1. The van der Waals surface area contributed by atoms with E-state index in [0.29, 0.717) is 12.8 Å². The molecule has 3 N–H and O–H groups in total. The minimum absolute atomic E-state index is 0.121. The number of aromatic hydroxyl groups is 1. The van der Waals surface area contributed by atoms with Crippen LogP contribution in [0.1, 0.15) is 49.3 Å². The normalized spacial score (nSPS) is 18.6. The number of benzene rings is 2. The van der Waals surface area contributed by atoms with Gasteiger partial charge in [0.1, 0.15) is 5.75 Å². The van der Waals surface area contributed by atoms with Gasteiger partial charge in [-0.1, -0.05) is 24.3 Å². The van der Waals surface area contributed by atoms with Gasteiger partial charge < -0.3 is 15.5 Å². The smallest absolute Gasteiger partial charge is 0.220 e. The lowest BCUT2D eigenvalue weighted by Gasteiger charge is -2.24. The summed E-state index contributed by atoms with van der Waals surface area (Å²) in [6.45, 7) is 1.96. The maximum atomic E-state index is 11.5. The average Bonchev–Trinajstić information content (AvgIpc) is 2.60. The van der Waals surface area contributed by atoms with E-state index in [1.807, 2.05) is 37.3 Å². The number of nitrogens with one attached hydrogen (secondary N) is 1. The zero-order valence-corrected chi connectivity index (χ0v) is 14.5. The van der Waals surface area contributed by atoms with Crippen molar-refractivity contribution in [3.8, 4) is 16.9 Å². The number of phenols is 1. The monoisotopic (exact) mass is 339 g/mol. The summed E-state index contributed by atoms with van der Waals surface area (Å²) in [7, 11) is 0. The molecule has 1 amide bonds. The molecule has 0 bridgehead atoms. The van der Waals surface area contributed by atoms with Crippen molar-refractivity contribution in [2.24, 2.45) is 0 Å². The van der Waals surface area contributed by atoms with Crippen LogP contribution in [0.15, 0.2) is 42.5 Å². The Bertz CT molecular complexity index is 757. The molecule has 0 radical (unpaired) electrons. The van der Waals surface area contributed by atoms with Crippen molar-refractivity contribution in [1.29, 1.82) is 0 Å². The molecule has 0 aliphatic carbocycles. The molecule has 1 aliphatic heterocycles. The molecule has 4 heteroatoms. The Labute approximate surface area is 148 Å². The number of hydrogen-bond donors (Lipinski definition) is 3. The topological polar surface area (TPSA) is 69.6 Å². The summed E-state index contributed by atoms with van der Waals surface area (Å²) in [6, 6.07) is 13.4. The zero-order chi connectivity index (χ0) is 17.8. The summed E-state index contributed by atoms with van der Waals surface area (Å²) in [5, 5.41) is 23.1. The quantitative estimate of drug-likeness (QED) is 0.775. The van der Waals surface area contributed by atoms with Gasteiger partial charge in [-0.05, 0) is 73.1 Å². The Morgan fingerprint density at radius 3 is 2.84 bits per heavy atom. The fourth-order valence-corrected chi connectivity index (χ4v) is 3.51. The van der Waals surface area contributed by atoms with E-state index in [1.54, 1.807) is 12.1 Å². The molecule has 1 fully saturated rings. The number of aliphatic hydroxyl groups is 1. The largest absolute Gasteiger partial charge is 0.508 e. The minimum atomic E-state index is -0.545. The van der Waals surface area contributed by atoms with Gasteiger partial charge in [-0.2, -0.15) is 0 Å². The molecule has 2 atom stereocenters. The number of phenolic OH excluding ortho intramolecular Hbond substituents is 1. The predicted octanol–water partition coefficient (Wildman–Crippen LogP) is 3.85. The summed E-state index contributed by atoms with van der Waals surface area (Å²) < 4.78 is 0. The molecular formula is C21H25NO3. The fraction of sp³-hybridized carbons (Fsp3) is 0.381. The van der Waals surface area contributed by atoms with Crippen molar-refractivity contribution in [1.82, 2.24) is 5.32 Å². The number of hydrogen-bond acceptors (Lipinski definition) is 3. The van der Waals surface area contributed by atoms with Crippen molar-refractivity contribution < 1.29 is 15.0 Å². The first kappa shape index (κ1) is 17.5. The molecule has 1 saturated heterocycles. The summed E-state index contributed by atoms with van der Waals surface area (Å²) >= 11 is 0. The minimum Gasteiger partial charge on any atom is -0.508 e. The van der Waals surface area contributed by atoms with Gasteiger partial charge in [-0.15, -0.1) is 0 Å². The van der Waals surface area contributed by atoms with Crippen molar-refractivity contribution in [2.75, 3.05) is 0 Å². The van der Waals surface area contributed by atoms with E-state index >= 15 is 0 Å². The molecule has 4 nitrogen and oxygen atoms in total. The van der Waals surface area contributed by atoms with Crippen LogP contribution in [0.5, 0.6) is 5.75 Å². The molecule has 0 spiro atoms. The second-order valence-electron chi connectivity index (χ2n) is 6.87. The lowest BCUT2D eigenvalue weighted by Crippen LogP contribution is -2.38. The van der Waals surface area contributed by atoms with Crippen molar-refractivity contribution in [2.45, 2.75) is 51.2 Å². The van der Waals surface area contributed by atoms with Crippen LogP contribution in [0, 0.1) is 6.92 Å². The van der Waals surface area contributed by atoms with Crippen LogP contribution >= 0.6 is 0 Å². The van der Waals surface area contributed by atoms with Crippen LogP contribution in [-0.4, -0.2) is 22.2 Å². The van der Waals surface area contributed by atoms with E-state index in [1.165, 1.54) is 0 Å². The Balaban J connectivity index is 1.69. The first-order valence-electron chi connectivity index (χ1n) is 8.90. The van der Waals surface area contributed by atoms with Gasteiger partial charge in [0.25, 0.3) is 0 Å². The van der Waals surface area contributed by atoms with Gasteiger partial charge in [-0.3, -0.25) is 4.79 Å². The van der Waals surface area contributed by atoms with Crippen LogP contribution in [-0.2, 0) is 4.79 Å². The third-order valence-electron chi connectivity index (χ3n) is 4.90. The molecule has 2 aromatic rings. The van der Waals surface area contributed by atoms with Gasteiger partial charge in [0.2, 0.25) is 5.91 Å². The first-order chi connectivity index (χ1) is 12.0. The van der Waals surface area contributed by atoms with E-state index in [9.17, 15) is 15.0 Å². The van der Waals surface area contributed by atoms with E-state index < -0.39 is 6.10 Å². The van der Waals surface area contributed by atoms with Crippen LogP contribution < -0.4 is 5.32 Å².